The fraction of sp³-hybridized carbons (Fsp3) is 0.636. The van der Waals surface area contributed by atoms with Crippen molar-refractivity contribution in [3.05, 3.63) is 12.7 Å². The molecule has 0 nitrogen and oxygen atoms in total. The molecule has 0 aliphatic heterocycles. The third kappa shape index (κ3) is 4.59. The van der Waals surface area contributed by atoms with Gasteiger partial charge in [0.15, 0.2) is 0 Å². The Morgan fingerprint density at radius 3 is 2.31 bits per heavy atom. The van der Waals surface area contributed by atoms with Crippen LogP contribution in [-0.2, 0) is 0 Å². The van der Waals surface area contributed by atoms with Gasteiger partial charge in [-0.2, -0.15) is 0 Å². The van der Waals surface area contributed by atoms with Gasteiger partial charge in [-0.3, -0.25) is 0 Å². The zero-order chi connectivity index (χ0) is 10.5. The topological polar surface area (TPSA) is 0 Å². The maximum atomic E-state index is 3.67. The molecule has 0 aliphatic rings. The third-order valence-electron chi connectivity index (χ3n) is 2.51. The van der Waals surface area contributed by atoms with Crippen molar-refractivity contribution in [2.24, 2.45) is 0 Å². The minimum atomic E-state index is -1.37. The molecule has 0 aliphatic carbocycles. The van der Waals surface area contributed by atoms with E-state index in [1.807, 2.05) is 6.08 Å². The lowest BCUT2D eigenvalue weighted by Gasteiger charge is -2.31. The van der Waals surface area contributed by atoms with E-state index in [4.69, 9.17) is 0 Å². The molecule has 0 unspecified atom stereocenters. The van der Waals surface area contributed by atoms with Crippen molar-refractivity contribution in [1.82, 2.24) is 0 Å². The molecule has 74 valence electrons. The summed E-state index contributed by atoms with van der Waals surface area (Å²) in [5.74, 6) is 0.932. The molecule has 0 rings (SSSR count). The van der Waals surface area contributed by atoms with E-state index in [9.17, 15) is 0 Å². The molecule has 0 saturated carbocycles. The van der Waals surface area contributed by atoms with Crippen LogP contribution in [0.4, 0.5) is 0 Å². The van der Waals surface area contributed by atoms with E-state index < -0.39 is 8.07 Å². The van der Waals surface area contributed by atoms with Crippen LogP contribution in [0.3, 0.4) is 0 Å². The first-order valence-corrected chi connectivity index (χ1v) is 8.54. The molecule has 0 aromatic carbocycles. The highest BCUT2D eigenvalue weighted by Gasteiger charge is 2.33. The van der Waals surface area contributed by atoms with Gasteiger partial charge in [-0.25, -0.2) is 0 Å². The summed E-state index contributed by atoms with van der Waals surface area (Å²) in [6.07, 6.45) is 1.89. The summed E-state index contributed by atoms with van der Waals surface area (Å²) in [5.41, 5.74) is 3.44. The van der Waals surface area contributed by atoms with E-state index in [0.29, 0.717) is 5.04 Å². The van der Waals surface area contributed by atoms with Gasteiger partial charge in [-0.1, -0.05) is 51.7 Å². The van der Waals surface area contributed by atoms with Gasteiger partial charge >= 0.3 is 0 Å². The van der Waals surface area contributed by atoms with Gasteiger partial charge in [0.05, 0.1) is 0 Å². The minimum absolute atomic E-state index is 0.370. The first kappa shape index (κ1) is 12.9. The zero-order valence-electron chi connectivity index (χ0n) is 9.40. The minimum Gasteiger partial charge on any atom is -0.119 e. The van der Waals surface area contributed by atoms with E-state index in [1.165, 1.54) is 0 Å². The summed E-state index contributed by atoms with van der Waals surface area (Å²) in [4.78, 5) is 0. The summed E-state index contributed by atoms with van der Waals surface area (Å²) in [5, 5.41) is 3.56. The highest BCUT2D eigenvalue weighted by atomic mass is 32.2. The highest BCUT2D eigenvalue weighted by Crippen LogP contribution is 2.35. The molecule has 0 bridgehead atoms. The Kier molecular flexibility index (Phi) is 4.88. The fourth-order valence-corrected chi connectivity index (χ4v) is 2.34. The lowest BCUT2D eigenvalue weighted by Crippen LogP contribution is -2.35. The van der Waals surface area contributed by atoms with Gasteiger partial charge in [-0.15, -0.1) is 12.1 Å². The fourth-order valence-electron chi connectivity index (χ4n) is 0.452. The molecule has 0 aromatic heterocycles. The predicted octanol–water partition coefficient (Wildman–Crippen LogP) is 3.91. The van der Waals surface area contributed by atoms with Gasteiger partial charge in [0.25, 0.3) is 0 Å². The molecule has 0 amide bonds. The lowest BCUT2D eigenvalue weighted by atomic mass is 10.2. The monoisotopic (exact) mass is 212 g/mol. The van der Waals surface area contributed by atoms with Crippen molar-refractivity contribution >= 4 is 19.8 Å². The maximum absolute atomic E-state index is 3.67. The second-order valence-electron chi connectivity index (χ2n) is 4.70. The van der Waals surface area contributed by atoms with Crippen LogP contribution in [0, 0.1) is 10.8 Å². The van der Waals surface area contributed by atoms with Crippen molar-refractivity contribution in [3.8, 4) is 10.8 Å². The first-order chi connectivity index (χ1) is 5.81. The van der Waals surface area contributed by atoms with E-state index in [-0.39, 0.29) is 0 Å². The molecule has 0 spiro atoms. The van der Waals surface area contributed by atoms with Crippen LogP contribution in [0.15, 0.2) is 12.7 Å². The van der Waals surface area contributed by atoms with Crippen LogP contribution in [0.1, 0.15) is 20.8 Å². The Morgan fingerprint density at radius 2 is 1.92 bits per heavy atom. The second kappa shape index (κ2) is 4.93. The number of rotatable bonds is 2. The summed E-state index contributed by atoms with van der Waals surface area (Å²) in [6.45, 7) is 15.2. The molecular weight excluding hydrogens is 192 g/mol. The second-order valence-corrected chi connectivity index (χ2v) is 10.5. The van der Waals surface area contributed by atoms with Gasteiger partial charge in [-0.05, 0) is 10.3 Å². The van der Waals surface area contributed by atoms with E-state index >= 15 is 0 Å². The van der Waals surface area contributed by atoms with E-state index in [1.54, 1.807) is 11.8 Å². The highest BCUT2D eigenvalue weighted by molar-refractivity contribution is 8.04. The number of hydrogen-bond acceptors (Lipinski definition) is 1. The first-order valence-electron chi connectivity index (χ1n) is 4.56. The molecule has 0 fully saturated rings. The molecule has 0 N–H and O–H groups in total. The smallest absolute Gasteiger partial charge is 0.119 e. The average molecular weight is 212 g/mol. The van der Waals surface area contributed by atoms with E-state index in [2.05, 4.69) is 51.2 Å². The normalized spacial score (nSPS) is 11.8. The van der Waals surface area contributed by atoms with Crippen LogP contribution >= 0.6 is 11.8 Å². The Labute approximate surface area is 88.2 Å². The summed E-state index contributed by atoms with van der Waals surface area (Å²) in [6, 6.07) is 0. The van der Waals surface area contributed by atoms with Gasteiger partial charge in [0.2, 0.25) is 0 Å². The molecule has 0 radical (unpaired) electrons. The van der Waals surface area contributed by atoms with Crippen LogP contribution in [-0.4, -0.2) is 13.8 Å². The third-order valence-corrected chi connectivity index (χ3v) is 7.84. The summed E-state index contributed by atoms with van der Waals surface area (Å²) < 4.78 is 0. The molecule has 0 aromatic rings. The van der Waals surface area contributed by atoms with E-state index in [0.717, 1.165) is 5.75 Å². The van der Waals surface area contributed by atoms with Crippen LogP contribution in [0.2, 0.25) is 18.1 Å². The van der Waals surface area contributed by atoms with Crippen molar-refractivity contribution in [2.75, 3.05) is 5.75 Å². The van der Waals surface area contributed by atoms with Crippen molar-refractivity contribution < 1.29 is 0 Å². The largest absolute Gasteiger partial charge is 0.138 e. The molecular formula is C11H20SSi. The lowest BCUT2D eigenvalue weighted by molar-refractivity contribution is 0.731. The summed E-state index contributed by atoms with van der Waals surface area (Å²) in [7, 11) is -1.37. The molecule has 0 saturated heterocycles. The van der Waals surface area contributed by atoms with Crippen molar-refractivity contribution in [2.45, 2.75) is 38.9 Å². The SMILES string of the molecule is C=CCSC#C[Si](C)(C)C(C)(C)C. The van der Waals surface area contributed by atoms with Crippen LogP contribution in [0.5, 0.6) is 0 Å². The van der Waals surface area contributed by atoms with Crippen molar-refractivity contribution in [3.63, 3.8) is 0 Å². The molecule has 13 heavy (non-hydrogen) atoms. The van der Waals surface area contributed by atoms with Crippen LogP contribution < -0.4 is 0 Å². The Hall–Kier alpha value is -0.133. The predicted molar refractivity (Wildman–Crippen MR) is 67.6 cm³/mol. The van der Waals surface area contributed by atoms with Gasteiger partial charge in [0, 0.05) is 5.75 Å². The maximum Gasteiger partial charge on any atom is 0.138 e. The Balaban J connectivity index is 4.29. The standard InChI is InChI=1S/C11H20SSi/c1-7-8-12-9-10-13(5,6)11(2,3)4/h7H,1,8H2,2-6H3. The summed E-state index contributed by atoms with van der Waals surface area (Å²) >= 11 is 1.65. The molecule has 0 atom stereocenters. The zero-order valence-corrected chi connectivity index (χ0v) is 11.2. The Bertz CT molecular complexity index is 225. The average Bonchev–Trinajstić information content (AvgIpc) is 1.96. The quantitative estimate of drug-likeness (QED) is 0.289. The van der Waals surface area contributed by atoms with Crippen LogP contribution in [0.25, 0.3) is 0 Å². The van der Waals surface area contributed by atoms with Crippen molar-refractivity contribution in [1.29, 1.82) is 0 Å². The van der Waals surface area contributed by atoms with Gasteiger partial charge < -0.3 is 0 Å². The number of thioether (sulfide) groups is 1. The Morgan fingerprint density at radius 1 is 1.38 bits per heavy atom. The van der Waals surface area contributed by atoms with Gasteiger partial charge in [0.1, 0.15) is 8.07 Å². The molecule has 2 heteroatoms. The molecule has 0 heterocycles. The number of hydrogen-bond donors (Lipinski definition) is 0.